The number of hydrogen-bond acceptors (Lipinski definition) is 4. The van der Waals surface area contributed by atoms with Crippen molar-refractivity contribution in [1.82, 2.24) is 10.2 Å². The Morgan fingerprint density at radius 2 is 1.91 bits per heavy atom. The van der Waals surface area contributed by atoms with E-state index in [0.29, 0.717) is 12.0 Å². The van der Waals surface area contributed by atoms with Crippen molar-refractivity contribution in [2.24, 2.45) is 5.92 Å². The fraction of sp³-hybridized carbons (Fsp3) is 0.941. The molecule has 128 valence electrons. The summed E-state index contributed by atoms with van der Waals surface area (Å²) in [5.41, 5.74) is -0.425. The van der Waals surface area contributed by atoms with Crippen molar-refractivity contribution in [3.63, 3.8) is 0 Å². The van der Waals surface area contributed by atoms with Crippen molar-refractivity contribution >= 4 is 6.09 Å². The van der Waals surface area contributed by atoms with Gasteiger partial charge in [-0.15, -0.1) is 0 Å². The van der Waals surface area contributed by atoms with Gasteiger partial charge >= 0.3 is 6.09 Å². The summed E-state index contributed by atoms with van der Waals surface area (Å²) < 4.78 is 5.47. The SMILES string of the molecule is CC(C)(C)OC(=O)N1CCCC(CNC2CCC(O)CC2)C1. The highest BCUT2D eigenvalue weighted by atomic mass is 16.6. The number of hydrogen-bond donors (Lipinski definition) is 2. The maximum atomic E-state index is 12.2. The van der Waals surface area contributed by atoms with E-state index in [4.69, 9.17) is 4.74 Å². The molecule has 2 aliphatic rings. The third kappa shape index (κ3) is 5.76. The van der Waals surface area contributed by atoms with Crippen LogP contribution in [0.15, 0.2) is 0 Å². The van der Waals surface area contributed by atoms with Crippen LogP contribution >= 0.6 is 0 Å². The van der Waals surface area contributed by atoms with Gasteiger partial charge in [-0.2, -0.15) is 0 Å². The summed E-state index contributed by atoms with van der Waals surface area (Å²) in [5.74, 6) is 0.508. The summed E-state index contributed by atoms with van der Waals surface area (Å²) in [7, 11) is 0. The van der Waals surface area contributed by atoms with E-state index < -0.39 is 5.60 Å². The van der Waals surface area contributed by atoms with Crippen LogP contribution in [0.25, 0.3) is 0 Å². The molecule has 0 bridgehead atoms. The highest BCUT2D eigenvalue weighted by molar-refractivity contribution is 5.68. The third-order valence-corrected chi connectivity index (χ3v) is 4.56. The molecule has 0 aromatic rings. The molecule has 1 saturated heterocycles. The number of nitrogens with one attached hydrogen (secondary N) is 1. The Kier molecular flexibility index (Phi) is 6.09. The molecule has 1 amide bonds. The molecule has 1 atom stereocenters. The fourth-order valence-electron chi connectivity index (χ4n) is 3.34. The average Bonchev–Trinajstić information content (AvgIpc) is 2.45. The normalized spacial score (nSPS) is 30.2. The Hall–Kier alpha value is -0.810. The van der Waals surface area contributed by atoms with E-state index in [1.807, 2.05) is 25.7 Å². The van der Waals surface area contributed by atoms with E-state index in [9.17, 15) is 9.90 Å². The molecule has 5 heteroatoms. The molecule has 2 N–H and O–H groups in total. The van der Waals surface area contributed by atoms with Crippen LogP contribution in [-0.4, -0.2) is 53.5 Å². The first-order valence-corrected chi connectivity index (χ1v) is 8.73. The summed E-state index contributed by atoms with van der Waals surface area (Å²) in [6.07, 6.45) is 5.87. The first kappa shape index (κ1) is 17.5. The lowest BCUT2D eigenvalue weighted by molar-refractivity contribution is 0.0163. The molecule has 22 heavy (non-hydrogen) atoms. The number of rotatable bonds is 3. The van der Waals surface area contributed by atoms with E-state index in [1.54, 1.807) is 0 Å². The molecule has 5 nitrogen and oxygen atoms in total. The monoisotopic (exact) mass is 312 g/mol. The Morgan fingerprint density at radius 3 is 2.55 bits per heavy atom. The number of aliphatic hydroxyl groups excluding tert-OH is 1. The van der Waals surface area contributed by atoms with Crippen molar-refractivity contribution in [2.45, 2.75) is 77.0 Å². The minimum atomic E-state index is -0.425. The summed E-state index contributed by atoms with van der Waals surface area (Å²) in [6, 6.07) is 0.528. The van der Waals surface area contributed by atoms with Crippen molar-refractivity contribution in [1.29, 1.82) is 0 Å². The maximum Gasteiger partial charge on any atom is 0.410 e. The van der Waals surface area contributed by atoms with Gasteiger partial charge in [0.1, 0.15) is 5.60 Å². The zero-order valence-electron chi connectivity index (χ0n) is 14.3. The summed E-state index contributed by atoms with van der Waals surface area (Å²) in [6.45, 7) is 8.28. The van der Waals surface area contributed by atoms with E-state index in [-0.39, 0.29) is 12.2 Å². The molecule has 0 spiro atoms. The quantitative estimate of drug-likeness (QED) is 0.840. The van der Waals surface area contributed by atoms with E-state index >= 15 is 0 Å². The second-order valence-corrected chi connectivity index (χ2v) is 7.85. The van der Waals surface area contributed by atoms with Gasteiger partial charge in [-0.05, 0) is 71.8 Å². The van der Waals surface area contributed by atoms with Crippen LogP contribution in [0.5, 0.6) is 0 Å². The van der Waals surface area contributed by atoms with Gasteiger partial charge in [-0.3, -0.25) is 0 Å². The van der Waals surface area contributed by atoms with Crippen molar-refractivity contribution in [3.05, 3.63) is 0 Å². The Morgan fingerprint density at radius 1 is 1.23 bits per heavy atom. The predicted octanol–water partition coefficient (Wildman–Crippen LogP) is 2.53. The van der Waals surface area contributed by atoms with Crippen LogP contribution in [-0.2, 0) is 4.74 Å². The second-order valence-electron chi connectivity index (χ2n) is 7.85. The van der Waals surface area contributed by atoms with Gasteiger partial charge in [0.05, 0.1) is 6.10 Å². The summed E-state index contributed by atoms with van der Waals surface area (Å²) >= 11 is 0. The van der Waals surface area contributed by atoms with Crippen LogP contribution in [0.4, 0.5) is 4.79 Å². The topological polar surface area (TPSA) is 61.8 Å². The number of ether oxygens (including phenoxy) is 1. The number of amides is 1. The first-order chi connectivity index (χ1) is 10.3. The molecule has 0 aromatic carbocycles. The van der Waals surface area contributed by atoms with Gasteiger partial charge in [0.15, 0.2) is 0 Å². The van der Waals surface area contributed by atoms with E-state index in [1.165, 1.54) is 6.42 Å². The first-order valence-electron chi connectivity index (χ1n) is 8.73. The zero-order chi connectivity index (χ0) is 16.2. The molecule has 2 fully saturated rings. The average molecular weight is 312 g/mol. The van der Waals surface area contributed by atoms with Crippen molar-refractivity contribution in [3.8, 4) is 0 Å². The molecule has 1 heterocycles. The molecule has 0 radical (unpaired) electrons. The van der Waals surface area contributed by atoms with E-state index in [0.717, 1.165) is 51.7 Å². The largest absolute Gasteiger partial charge is 0.444 e. The van der Waals surface area contributed by atoms with Crippen LogP contribution in [0.2, 0.25) is 0 Å². The minimum Gasteiger partial charge on any atom is -0.444 e. The van der Waals surface area contributed by atoms with Gasteiger partial charge < -0.3 is 20.1 Å². The number of piperidine rings is 1. The molecule has 2 rings (SSSR count). The van der Waals surface area contributed by atoms with Gasteiger partial charge in [0.2, 0.25) is 0 Å². The van der Waals surface area contributed by atoms with Gasteiger partial charge in [0, 0.05) is 19.1 Å². The number of aliphatic hydroxyl groups is 1. The lowest BCUT2D eigenvalue weighted by Gasteiger charge is -2.35. The van der Waals surface area contributed by atoms with Crippen molar-refractivity contribution in [2.75, 3.05) is 19.6 Å². The highest BCUT2D eigenvalue weighted by Gasteiger charge is 2.28. The predicted molar refractivity (Wildman–Crippen MR) is 86.8 cm³/mol. The molecular weight excluding hydrogens is 280 g/mol. The summed E-state index contributed by atoms with van der Waals surface area (Å²) in [5, 5.41) is 13.2. The molecule has 1 saturated carbocycles. The Bertz CT molecular complexity index is 359. The Balaban J connectivity index is 1.72. The standard InChI is InChI=1S/C17H32N2O3/c1-17(2,3)22-16(21)19-10-4-5-13(12-19)11-18-14-6-8-15(20)9-7-14/h13-15,18,20H,4-12H2,1-3H3. The molecule has 1 aliphatic carbocycles. The lowest BCUT2D eigenvalue weighted by Crippen LogP contribution is -2.46. The van der Waals surface area contributed by atoms with Gasteiger partial charge in [-0.1, -0.05) is 0 Å². The number of carbonyl (C=O) groups is 1. The molecule has 1 aliphatic heterocycles. The lowest BCUT2D eigenvalue weighted by atomic mass is 9.92. The van der Waals surface area contributed by atoms with Gasteiger partial charge in [-0.25, -0.2) is 4.79 Å². The van der Waals surface area contributed by atoms with Crippen LogP contribution in [0.3, 0.4) is 0 Å². The molecule has 0 aromatic heterocycles. The van der Waals surface area contributed by atoms with Crippen LogP contribution in [0.1, 0.15) is 59.3 Å². The van der Waals surface area contributed by atoms with Crippen LogP contribution in [0, 0.1) is 5.92 Å². The smallest absolute Gasteiger partial charge is 0.410 e. The highest BCUT2D eigenvalue weighted by Crippen LogP contribution is 2.21. The molecule has 1 unspecified atom stereocenters. The zero-order valence-corrected chi connectivity index (χ0v) is 14.3. The summed E-state index contributed by atoms with van der Waals surface area (Å²) in [4.78, 5) is 14.0. The molecular formula is C17H32N2O3. The van der Waals surface area contributed by atoms with Crippen molar-refractivity contribution < 1.29 is 14.6 Å². The Labute approximate surface area is 134 Å². The fourth-order valence-corrected chi connectivity index (χ4v) is 3.34. The maximum absolute atomic E-state index is 12.2. The van der Waals surface area contributed by atoms with Crippen LogP contribution < -0.4 is 5.32 Å². The number of nitrogens with zero attached hydrogens (tertiary/aromatic N) is 1. The minimum absolute atomic E-state index is 0.101. The number of likely N-dealkylation sites (tertiary alicyclic amines) is 1. The van der Waals surface area contributed by atoms with E-state index in [2.05, 4.69) is 5.32 Å². The van der Waals surface area contributed by atoms with Gasteiger partial charge in [0.25, 0.3) is 0 Å². The second kappa shape index (κ2) is 7.64. The third-order valence-electron chi connectivity index (χ3n) is 4.56. The number of carbonyl (C=O) groups excluding carboxylic acids is 1.